The Kier molecular flexibility index (Phi) is 4.96. The van der Waals surface area contributed by atoms with Crippen molar-refractivity contribution in [1.82, 2.24) is 5.32 Å². The van der Waals surface area contributed by atoms with Gasteiger partial charge in [0.05, 0.1) is 12.7 Å². The molecule has 4 nitrogen and oxygen atoms in total. The zero-order valence-electron chi connectivity index (χ0n) is 12.5. The zero-order chi connectivity index (χ0) is 16.2. The van der Waals surface area contributed by atoms with Crippen molar-refractivity contribution in [3.05, 3.63) is 70.2 Å². The van der Waals surface area contributed by atoms with Gasteiger partial charge in [0.2, 0.25) is 0 Å². The van der Waals surface area contributed by atoms with Crippen LogP contribution in [0.2, 0.25) is 5.02 Å². The highest BCUT2D eigenvalue weighted by Crippen LogP contribution is 2.27. The van der Waals surface area contributed by atoms with Crippen molar-refractivity contribution in [1.29, 1.82) is 0 Å². The van der Waals surface area contributed by atoms with Crippen molar-refractivity contribution in [2.75, 3.05) is 13.2 Å². The Hall–Kier alpha value is -1.88. The number of carbonyl (C=O) groups is 1. The third kappa shape index (κ3) is 3.72. The van der Waals surface area contributed by atoms with Gasteiger partial charge in [-0.2, -0.15) is 0 Å². The van der Waals surface area contributed by atoms with E-state index < -0.39 is 12.2 Å². The van der Waals surface area contributed by atoms with Gasteiger partial charge in [-0.15, -0.1) is 0 Å². The predicted molar refractivity (Wildman–Crippen MR) is 88.3 cm³/mol. The lowest BCUT2D eigenvalue weighted by Gasteiger charge is -2.25. The number of hydrogen-bond acceptors (Lipinski definition) is 3. The monoisotopic (exact) mass is 331 g/mol. The molecule has 2 N–H and O–H groups in total. The fourth-order valence-electron chi connectivity index (χ4n) is 2.70. The molecular weight excluding hydrogens is 314 g/mol. The largest absolute Gasteiger partial charge is 0.387 e. The van der Waals surface area contributed by atoms with Crippen molar-refractivity contribution < 1.29 is 14.6 Å². The number of nitrogens with one attached hydrogen (secondary N) is 1. The number of benzene rings is 2. The quantitative estimate of drug-likeness (QED) is 0.905. The second-order valence-electron chi connectivity index (χ2n) is 5.51. The van der Waals surface area contributed by atoms with Crippen LogP contribution in [0.4, 0.5) is 0 Å². The SMILES string of the molecule is O=C(NCC(O)c1ccc(Cl)cc1)C1OCCc2ccccc21. The maximum absolute atomic E-state index is 12.4. The maximum Gasteiger partial charge on any atom is 0.253 e. The topological polar surface area (TPSA) is 58.6 Å². The lowest BCUT2D eigenvalue weighted by atomic mass is 9.97. The molecule has 2 aromatic rings. The van der Waals surface area contributed by atoms with Gasteiger partial charge in [0, 0.05) is 11.6 Å². The van der Waals surface area contributed by atoms with E-state index in [2.05, 4.69) is 5.32 Å². The van der Waals surface area contributed by atoms with Gasteiger partial charge in [0.1, 0.15) is 0 Å². The molecule has 2 aromatic carbocycles. The summed E-state index contributed by atoms with van der Waals surface area (Å²) in [5, 5.41) is 13.5. The van der Waals surface area contributed by atoms with Gasteiger partial charge in [-0.1, -0.05) is 48.0 Å². The first kappa shape index (κ1) is 16.0. The average Bonchev–Trinajstić information content (AvgIpc) is 2.59. The highest BCUT2D eigenvalue weighted by atomic mass is 35.5. The number of rotatable bonds is 4. The van der Waals surface area contributed by atoms with E-state index in [0.29, 0.717) is 17.2 Å². The Morgan fingerprint density at radius 3 is 2.78 bits per heavy atom. The van der Waals surface area contributed by atoms with Crippen molar-refractivity contribution >= 4 is 17.5 Å². The van der Waals surface area contributed by atoms with Crippen LogP contribution in [0.3, 0.4) is 0 Å². The molecular formula is C18H18ClNO3. The molecule has 3 rings (SSSR count). The van der Waals surface area contributed by atoms with Gasteiger partial charge >= 0.3 is 0 Å². The summed E-state index contributed by atoms with van der Waals surface area (Å²) in [6.07, 6.45) is -0.583. The standard InChI is InChI=1S/C18H18ClNO3/c19-14-7-5-13(6-8-14)16(21)11-20-18(22)17-15-4-2-1-3-12(15)9-10-23-17/h1-8,16-17,21H,9-11H2,(H,20,22). The summed E-state index contributed by atoms with van der Waals surface area (Å²) >= 11 is 5.83. The van der Waals surface area contributed by atoms with Gasteiger partial charge in [0.25, 0.3) is 5.91 Å². The number of hydrogen-bond donors (Lipinski definition) is 2. The summed E-state index contributed by atoms with van der Waals surface area (Å²) < 4.78 is 5.61. The minimum absolute atomic E-state index is 0.127. The molecule has 1 heterocycles. The molecule has 2 unspecified atom stereocenters. The number of amides is 1. The van der Waals surface area contributed by atoms with Crippen molar-refractivity contribution in [3.63, 3.8) is 0 Å². The fraction of sp³-hybridized carbons (Fsp3) is 0.278. The number of ether oxygens (including phenoxy) is 1. The molecule has 23 heavy (non-hydrogen) atoms. The number of aliphatic hydroxyl groups is 1. The fourth-order valence-corrected chi connectivity index (χ4v) is 2.83. The normalized spacial score (nSPS) is 18.1. The minimum atomic E-state index is -0.782. The Morgan fingerprint density at radius 2 is 2.00 bits per heavy atom. The molecule has 1 amide bonds. The molecule has 1 aliphatic heterocycles. The van der Waals surface area contributed by atoms with Crippen LogP contribution in [0.5, 0.6) is 0 Å². The van der Waals surface area contributed by atoms with E-state index in [1.165, 1.54) is 0 Å². The molecule has 0 spiro atoms. The van der Waals surface area contributed by atoms with Crippen molar-refractivity contribution in [3.8, 4) is 0 Å². The molecule has 0 bridgehead atoms. The first-order valence-corrected chi connectivity index (χ1v) is 7.93. The van der Waals surface area contributed by atoms with Gasteiger partial charge < -0.3 is 15.2 Å². The second-order valence-corrected chi connectivity index (χ2v) is 5.95. The van der Waals surface area contributed by atoms with Crippen LogP contribution in [-0.4, -0.2) is 24.2 Å². The summed E-state index contributed by atoms with van der Waals surface area (Å²) in [6.45, 7) is 0.650. The van der Waals surface area contributed by atoms with Crippen LogP contribution >= 0.6 is 11.6 Å². The maximum atomic E-state index is 12.4. The zero-order valence-corrected chi connectivity index (χ0v) is 13.3. The summed E-state index contributed by atoms with van der Waals surface area (Å²) in [6, 6.07) is 14.7. The Balaban J connectivity index is 1.63. The molecule has 0 fully saturated rings. The van der Waals surface area contributed by atoms with E-state index in [1.807, 2.05) is 24.3 Å². The van der Waals surface area contributed by atoms with E-state index in [-0.39, 0.29) is 12.5 Å². The van der Waals surface area contributed by atoms with Crippen LogP contribution in [0.1, 0.15) is 28.9 Å². The summed E-state index contributed by atoms with van der Waals surface area (Å²) in [7, 11) is 0. The molecule has 0 radical (unpaired) electrons. The number of carbonyl (C=O) groups excluding carboxylic acids is 1. The lowest BCUT2D eigenvalue weighted by molar-refractivity contribution is -0.134. The molecule has 1 aliphatic rings. The minimum Gasteiger partial charge on any atom is -0.387 e. The number of halogens is 1. The summed E-state index contributed by atoms with van der Waals surface area (Å²) in [5.74, 6) is -0.231. The van der Waals surface area contributed by atoms with Crippen molar-refractivity contribution in [2.24, 2.45) is 0 Å². The number of aliphatic hydroxyl groups excluding tert-OH is 1. The highest BCUT2D eigenvalue weighted by molar-refractivity contribution is 6.30. The summed E-state index contributed by atoms with van der Waals surface area (Å²) in [4.78, 5) is 12.4. The van der Waals surface area contributed by atoms with Crippen LogP contribution in [0, 0.1) is 0 Å². The van der Waals surface area contributed by atoms with Crippen LogP contribution in [-0.2, 0) is 16.0 Å². The van der Waals surface area contributed by atoms with E-state index >= 15 is 0 Å². The first-order chi connectivity index (χ1) is 11.1. The molecule has 2 atom stereocenters. The lowest BCUT2D eigenvalue weighted by Crippen LogP contribution is -2.36. The van der Waals surface area contributed by atoms with Crippen LogP contribution in [0.25, 0.3) is 0 Å². The van der Waals surface area contributed by atoms with Gasteiger partial charge in [-0.25, -0.2) is 0 Å². The third-order valence-corrected chi connectivity index (χ3v) is 4.21. The first-order valence-electron chi connectivity index (χ1n) is 7.56. The highest BCUT2D eigenvalue weighted by Gasteiger charge is 2.27. The van der Waals surface area contributed by atoms with Gasteiger partial charge in [-0.3, -0.25) is 4.79 Å². The van der Waals surface area contributed by atoms with Crippen LogP contribution < -0.4 is 5.32 Å². The summed E-state index contributed by atoms with van der Waals surface area (Å²) in [5.41, 5.74) is 2.74. The Morgan fingerprint density at radius 1 is 1.26 bits per heavy atom. The van der Waals surface area contributed by atoms with E-state index in [1.54, 1.807) is 24.3 Å². The van der Waals surface area contributed by atoms with E-state index in [0.717, 1.165) is 17.5 Å². The molecule has 0 aromatic heterocycles. The second kappa shape index (κ2) is 7.13. The Labute approximate surface area is 140 Å². The average molecular weight is 332 g/mol. The molecule has 0 saturated carbocycles. The van der Waals surface area contributed by atoms with Gasteiger partial charge in [-0.05, 0) is 35.2 Å². The number of fused-ring (bicyclic) bond motifs is 1. The smallest absolute Gasteiger partial charge is 0.253 e. The van der Waals surface area contributed by atoms with E-state index in [4.69, 9.17) is 16.3 Å². The third-order valence-electron chi connectivity index (χ3n) is 3.96. The molecule has 120 valence electrons. The molecule has 0 aliphatic carbocycles. The molecule has 5 heteroatoms. The van der Waals surface area contributed by atoms with E-state index in [9.17, 15) is 9.90 Å². The van der Waals surface area contributed by atoms with Gasteiger partial charge in [0.15, 0.2) is 6.10 Å². The Bertz CT molecular complexity index is 687. The predicted octanol–water partition coefficient (Wildman–Crippen LogP) is 2.80. The molecule has 0 saturated heterocycles. The van der Waals surface area contributed by atoms with Crippen molar-refractivity contribution in [2.45, 2.75) is 18.6 Å². The van der Waals surface area contributed by atoms with Crippen LogP contribution in [0.15, 0.2) is 48.5 Å².